The third kappa shape index (κ3) is 4.47. The quantitative estimate of drug-likeness (QED) is 0.887. The lowest BCUT2D eigenvalue weighted by atomic mass is 10.2. The number of benzene rings is 1. The average molecular weight is 276 g/mol. The molecule has 1 aromatic carbocycles. The van der Waals surface area contributed by atoms with Crippen LogP contribution in [-0.2, 0) is 10.0 Å². The molecule has 0 amide bonds. The molecule has 1 rings (SSSR count). The van der Waals surface area contributed by atoms with Crippen molar-refractivity contribution in [2.24, 2.45) is 0 Å². The summed E-state index contributed by atoms with van der Waals surface area (Å²) in [5, 5.41) is 10.4. The van der Waals surface area contributed by atoms with Crippen LogP contribution >= 0.6 is 11.6 Å². The molecule has 6 heteroatoms. The summed E-state index contributed by atoms with van der Waals surface area (Å²) in [5.74, 6) is 0. The molecular weight excluding hydrogens is 262 g/mol. The Morgan fingerprint density at radius 2 is 1.94 bits per heavy atom. The molecule has 4 nitrogen and oxygen atoms in total. The van der Waals surface area contributed by atoms with Crippen molar-refractivity contribution in [2.75, 3.05) is 20.2 Å². The van der Waals surface area contributed by atoms with Crippen molar-refractivity contribution in [3.8, 4) is 0 Å². The largest absolute Gasteiger partial charge is 0.395 e. The summed E-state index contributed by atoms with van der Waals surface area (Å²) in [6, 6.07) is 6.82. The minimum atomic E-state index is -3.47. The highest BCUT2D eigenvalue weighted by Gasteiger charge is 2.12. The fraction of sp³-hybridized carbons (Fsp3) is 0.273. The molecular formula is C11H14ClNO3S. The van der Waals surface area contributed by atoms with E-state index in [0.717, 1.165) is 15.3 Å². The molecule has 0 saturated carbocycles. The Kier molecular flexibility index (Phi) is 5.14. The monoisotopic (exact) mass is 275 g/mol. The normalized spacial score (nSPS) is 12.5. The van der Waals surface area contributed by atoms with Crippen LogP contribution in [0.5, 0.6) is 0 Å². The lowest BCUT2D eigenvalue weighted by Gasteiger charge is -2.12. The summed E-state index contributed by atoms with van der Waals surface area (Å²) in [7, 11) is -2.06. The van der Waals surface area contributed by atoms with Gasteiger partial charge in [0.1, 0.15) is 0 Å². The van der Waals surface area contributed by atoms with Gasteiger partial charge in [-0.2, -0.15) is 4.31 Å². The second kappa shape index (κ2) is 6.16. The number of hydrogen-bond donors (Lipinski definition) is 1. The molecule has 0 radical (unpaired) electrons. The number of hydrogen-bond acceptors (Lipinski definition) is 3. The van der Waals surface area contributed by atoms with Crippen LogP contribution in [0.15, 0.2) is 29.7 Å². The van der Waals surface area contributed by atoms with Crippen molar-refractivity contribution in [2.45, 2.75) is 0 Å². The Hall–Kier alpha value is -0.880. The number of aliphatic hydroxyl groups is 1. The van der Waals surface area contributed by atoms with Crippen LogP contribution in [0.3, 0.4) is 0 Å². The van der Waals surface area contributed by atoms with Crippen LogP contribution in [0.2, 0.25) is 5.02 Å². The first-order valence-corrected chi connectivity index (χ1v) is 6.84. The summed E-state index contributed by atoms with van der Waals surface area (Å²) < 4.78 is 24.4. The lowest BCUT2D eigenvalue weighted by molar-refractivity contribution is 0.267. The Bertz CT molecular complexity index is 482. The molecule has 0 aliphatic carbocycles. The number of nitrogens with zero attached hydrogens (tertiary/aromatic N) is 1. The highest BCUT2D eigenvalue weighted by Crippen LogP contribution is 2.11. The van der Waals surface area contributed by atoms with Gasteiger partial charge in [-0.15, -0.1) is 0 Å². The molecule has 0 heterocycles. The number of rotatable bonds is 5. The molecule has 1 N–H and O–H groups in total. The van der Waals surface area contributed by atoms with E-state index in [1.54, 1.807) is 24.3 Å². The van der Waals surface area contributed by atoms with E-state index in [4.69, 9.17) is 16.7 Å². The number of halogens is 1. The van der Waals surface area contributed by atoms with Crippen LogP contribution in [0.1, 0.15) is 5.56 Å². The first-order chi connectivity index (χ1) is 7.95. The van der Waals surface area contributed by atoms with Crippen LogP contribution in [-0.4, -0.2) is 38.0 Å². The summed E-state index contributed by atoms with van der Waals surface area (Å²) in [6.45, 7) is -0.127. The predicted molar refractivity (Wildman–Crippen MR) is 69.1 cm³/mol. The molecule has 1 aromatic rings. The van der Waals surface area contributed by atoms with E-state index in [1.807, 2.05) is 0 Å². The first kappa shape index (κ1) is 14.2. The van der Waals surface area contributed by atoms with Gasteiger partial charge in [0, 0.05) is 24.0 Å². The van der Waals surface area contributed by atoms with Crippen LogP contribution < -0.4 is 0 Å². The van der Waals surface area contributed by atoms with E-state index >= 15 is 0 Å². The summed E-state index contributed by atoms with van der Waals surface area (Å²) >= 11 is 5.72. The maximum Gasteiger partial charge on any atom is 0.236 e. The minimum Gasteiger partial charge on any atom is -0.395 e. The number of sulfonamides is 1. The zero-order chi connectivity index (χ0) is 12.9. The summed E-state index contributed by atoms with van der Waals surface area (Å²) in [5.41, 5.74) is 0.746. The van der Waals surface area contributed by atoms with Crippen LogP contribution in [0.25, 0.3) is 6.08 Å². The molecule has 94 valence electrons. The van der Waals surface area contributed by atoms with E-state index in [9.17, 15) is 8.42 Å². The van der Waals surface area contributed by atoms with Gasteiger partial charge in [0.2, 0.25) is 10.0 Å². The van der Waals surface area contributed by atoms with E-state index in [2.05, 4.69) is 0 Å². The van der Waals surface area contributed by atoms with Gasteiger partial charge in [-0.3, -0.25) is 0 Å². The van der Waals surface area contributed by atoms with E-state index in [1.165, 1.54) is 13.1 Å². The molecule has 0 aliphatic heterocycles. The van der Waals surface area contributed by atoms with Crippen LogP contribution in [0, 0.1) is 0 Å². The Morgan fingerprint density at radius 1 is 1.35 bits per heavy atom. The molecule has 0 aromatic heterocycles. The van der Waals surface area contributed by atoms with Gasteiger partial charge in [0.05, 0.1) is 6.61 Å². The van der Waals surface area contributed by atoms with Crippen molar-refractivity contribution < 1.29 is 13.5 Å². The van der Waals surface area contributed by atoms with Gasteiger partial charge >= 0.3 is 0 Å². The van der Waals surface area contributed by atoms with Gasteiger partial charge < -0.3 is 5.11 Å². The third-order valence-electron chi connectivity index (χ3n) is 2.15. The second-order valence-corrected chi connectivity index (χ2v) is 5.81. The predicted octanol–water partition coefficient (Wildman–Crippen LogP) is 1.56. The number of likely N-dealkylation sites (N-methyl/N-ethyl adjacent to an activating group) is 1. The maximum absolute atomic E-state index is 11.7. The maximum atomic E-state index is 11.7. The van der Waals surface area contributed by atoms with Crippen molar-refractivity contribution >= 4 is 27.7 Å². The molecule has 0 fully saturated rings. The summed E-state index contributed by atoms with van der Waals surface area (Å²) in [6.07, 6.45) is 1.49. The van der Waals surface area contributed by atoms with Crippen molar-refractivity contribution in [1.29, 1.82) is 0 Å². The molecule has 0 unspecified atom stereocenters. The van der Waals surface area contributed by atoms with E-state index in [0.29, 0.717) is 5.02 Å². The van der Waals surface area contributed by atoms with Crippen molar-refractivity contribution in [3.63, 3.8) is 0 Å². The standard InChI is InChI=1S/C11H14ClNO3S/c1-13(7-8-14)17(15,16)9-6-10-2-4-11(12)5-3-10/h2-6,9,14H,7-8H2,1H3/b9-6+. The van der Waals surface area contributed by atoms with Crippen molar-refractivity contribution in [3.05, 3.63) is 40.3 Å². The topological polar surface area (TPSA) is 57.6 Å². The smallest absolute Gasteiger partial charge is 0.236 e. The fourth-order valence-electron chi connectivity index (χ4n) is 1.11. The van der Waals surface area contributed by atoms with Gasteiger partial charge in [-0.05, 0) is 23.8 Å². The molecule has 0 bridgehead atoms. The highest BCUT2D eigenvalue weighted by molar-refractivity contribution is 7.92. The lowest BCUT2D eigenvalue weighted by Crippen LogP contribution is -2.27. The molecule has 0 saturated heterocycles. The fourth-order valence-corrected chi connectivity index (χ4v) is 2.11. The zero-order valence-electron chi connectivity index (χ0n) is 9.38. The first-order valence-electron chi connectivity index (χ1n) is 4.96. The zero-order valence-corrected chi connectivity index (χ0v) is 10.9. The van der Waals surface area contributed by atoms with Crippen LogP contribution in [0.4, 0.5) is 0 Å². The third-order valence-corrected chi connectivity index (χ3v) is 3.94. The summed E-state index contributed by atoms with van der Waals surface area (Å²) in [4.78, 5) is 0. The Labute approximate surface area is 106 Å². The van der Waals surface area contributed by atoms with E-state index < -0.39 is 10.0 Å². The average Bonchev–Trinajstić information content (AvgIpc) is 2.29. The molecule has 0 atom stereocenters. The van der Waals surface area contributed by atoms with Gasteiger partial charge in [-0.1, -0.05) is 23.7 Å². The SMILES string of the molecule is CN(CCO)S(=O)(=O)/C=C/c1ccc(Cl)cc1. The van der Waals surface area contributed by atoms with E-state index in [-0.39, 0.29) is 13.2 Å². The molecule has 0 aliphatic rings. The minimum absolute atomic E-state index is 0.0767. The molecule has 17 heavy (non-hydrogen) atoms. The van der Waals surface area contributed by atoms with Gasteiger partial charge in [0.25, 0.3) is 0 Å². The Balaban J connectivity index is 2.80. The molecule has 0 spiro atoms. The van der Waals surface area contributed by atoms with Gasteiger partial charge in [-0.25, -0.2) is 8.42 Å². The second-order valence-electron chi connectivity index (χ2n) is 3.44. The Morgan fingerprint density at radius 3 is 2.47 bits per heavy atom. The van der Waals surface area contributed by atoms with Gasteiger partial charge in [0.15, 0.2) is 0 Å². The highest BCUT2D eigenvalue weighted by atomic mass is 35.5. The van der Waals surface area contributed by atoms with Crippen molar-refractivity contribution in [1.82, 2.24) is 4.31 Å². The number of aliphatic hydroxyl groups excluding tert-OH is 1.